The third kappa shape index (κ3) is 4.23. The van der Waals surface area contributed by atoms with E-state index in [1.165, 1.54) is 0 Å². The molecule has 0 bridgehead atoms. The molecule has 1 N–H and O–H groups in total. The molecular formula is C15H9ClF3NO3. The zero-order valence-electron chi connectivity index (χ0n) is 11.4. The molecule has 0 unspecified atom stereocenters. The van der Waals surface area contributed by atoms with Gasteiger partial charge in [0.25, 0.3) is 5.91 Å². The molecule has 8 heteroatoms. The normalized spacial score (nSPS) is 10.3. The lowest BCUT2D eigenvalue weighted by Crippen LogP contribution is -2.22. The number of ether oxygens (including phenoxy) is 1. The molecule has 2 aromatic carbocycles. The Labute approximate surface area is 133 Å². The SMILES string of the molecule is O=C(COC(=O)c1ccc(F)c(Cl)c1)Nc1c(F)cccc1F. The van der Waals surface area contributed by atoms with Crippen LogP contribution in [0, 0.1) is 17.5 Å². The Hall–Kier alpha value is -2.54. The highest BCUT2D eigenvalue weighted by molar-refractivity contribution is 6.31. The van der Waals surface area contributed by atoms with Crippen molar-refractivity contribution in [1.82, 2.24) is 0 Å². The minimum atomic E-state index is -0.963. The highest BCUT2D eigenvalue weighted by atomic mass is 35.5. The van der Waals surface area contributed by atoms with Crippen molar-refractivity contribution in [1.29, 1.82) is 0 Å². The molecule has 0 saturated heterocycles. The fraction of sp³-hybridized carbons (Fsp3) is 0.0667. The first-order valence-electron chi connectivity index (χ1n) is 6.24. The van der Waals surface area contributed by atoms with Crippen LogP contribution in [0.15, 0.2) is 36.4 Å². The molecule has 0 heterocycles. The van der Waals surface area contributed by atoms with Crippen molar-refractivity contribution in [3.05, 3.63) is 64.4 Å². The van der Waals surface area contributed by atoms with Gasteiger partial charge >= 0.3 is 5.97 Å². The summed E-state index contributed by atoms with van der Waals surface area (Å²) in [5, 5.41) is 1.67. The molecule has 0 saturated carbocycles. The number of amides is 1. The Bertz CT molecular complexity index is 747. The summed E-state index contributed by atoms with van der Waals surface area (Å²) in [4.78, 5) is 23.2. The summed E-state index contributed by atoms with van der Waals surface area (Å²) in [5.74, 6) is -4.51. The number of nitrogens with one attached hydrogen (secondary N) is 1. The van der Waals surface area contributed by atoms with E-state index in [9.17, 15) is 22.8 Å². The third-order valence-electron chi connectivity index (χ3n) is 2.72. The average molecular weight is 344 g/mol. The monoisotopic (exact) mass is 343 g/mol. The Morgan fingerprint density at radius 2 is 1.70 bits per heavy atom. The fourth-order valence-electron chi connectivity index (χ4n) is 1.63. The second-order valence-corrected chi connectivity index (χ2v) is 4.76. The summed E-state index contributed by atoms with van der Waals surface area (Å²) in [6, 6.07) is 6.19. The number of benzene rings is 2. The maximum Gasteiger partial charge on any atom is 0.338 e. The van der Waals surface area contributed by atoms with Crippen LogP contribution in [-0.4, -0.2) is 18.5 Å². The van der Waals surface area contributed by atoms with Crippen molar-refractivity contribution in [2.24, 2.45) is 0 Å². The van der Waals surface area contributed by atoms with Gasteiger partial charge in [-0.1, -0.05) is 17.7 Å². The largest absolute Gasteiger partial charge is 0.452 e. The van der Waals surface area contributed by atoms with Gasteiger partial charge in [-0.15, -0.1) is 0 Å². The van der Waals surface area contributed by atoms with E-state index in [1.54, 1.807) is 0 Å². The van der Waals surface area contributed by atoms with Crippen molar-refractivity contribution >= 4 is 29.2 Å². The van der Waals surface area contributed by atoms with Crippen LogP contribution in [-0.2, 0) is 9.53 Å². The van der Waals surface area contributed by atoms with Crippen molar-refractivity contribution in [3.63, 3.8) is 0 Å². The number of anilines is 1. The van der Waals surface area contributed by atoms with E-state index in [4.69, 9.17) is 11.6 Å². The van der Waals surface area contributed by atoms with Gasteiger partial charge in [0.15, 0.2) is 6.61 Å². The van der Waals surface area contributed by atoms with E-state index < -0.39 is 41.6 Å². The van der Waals surface area contributed by atoms with Gasteiger partial charge in [-0.05, 0) is 30.3 Å². The quantitative estimate of drug-likeness (QED) is 0.864. The predicted octanol–water partition coefficient (Wildman–Crippen LogP) is 3.55. The van der Waals surface area contributed by atoms with Gasteiger partial charge < -0.3 is 10.1 Å². The molecule has 0 atom stereocenters. The molecule has 2 aromatic rings. The number of rotatable bonds is 4. The van der Waals surface area contributed by atoms with Gasteiger partial charge in [-0.2, -0.15) is 0 Å². The summed E-state index contributed by atoms with van der Waals surface area (Å²) in [6.07, 6.45) is 0. The highest BCUT2D eigenvalue weighted by Crippen LogP contribution is 2.18. The maximum absolute atomic E-state index is 13.3. The summed E-state index contributed by atoms with van der Waals surface area (Å²) in [6.45, 7) is -0.776. The first-order valence-corrected chi connectivity index (χ1v) is 6.62. The smallest absolute Gasteiger partial charge is 0.338 e. The van der Waals surface area contributed by atoms with E-state index in [2.05, 4.69) is 4.74 Å². The topological polar surface area (TPSA) is 55.4 Å². The molecule has 1 amide bonds. The van der Waals surface area contributed by atoms with Gasteiger partial charge in [0.05, 0.1) is 10.6 Å². The van der Waals surface area contributed by atoms with Crippen molar-refractivity contribution in [3.8, 4) is 0 Å². The van der Waals surface area contributed by atoms with Crippen LogP contribution in [0.4, 0.5) is 18.9 Å². The highest BCUT2D eigenvalue weighted by Gasteiger charge is 2.15. The second kappa shape index (κ2) is 7.15. The molecule has 0 aliphatic carbocycles. The fourth-order valence-corrected chi connectivity index (χ4v) is 1.81. The number of hydrogen-bond acceptors (Lipinski definition) is 3. The molecule has 2 rings (SSSR count). The Morgan fingerprint density at radius 1 is 1.04 bits per heavy atom. The van der Waals surface area contributed by atoms with Gasteiger partial charge in [0.2, 0.25) is 0 Å². The average Bonchev–Trinajstić information content (AvgIpc) is 2.51. The van der Waals surface area contributed by atoms with Crippen molar-refractivity contribution in [2.75, 3.05) is 11.9 Å². The first kappa shape index (κ1) is 16.8. The van der Waals surface area contributed by atoms with Crippen molar-refractivity contribution in [2.45, 2.75) is 0 Å². The van der Waals surface area contributed by atoms with Crippen LogP contribution in [0.3, 0.4) is 0 Å². The molecule has 23 heavy (non-hydrogen) atoms. The lowest BCUT2D eigenvalue weighted by molar-refractivity contribution is -0.119. The van der Waals surface area contributed by atoms with Gasteiger partial charge in [0, 0.05) is 0 Å². The van der Waals surface area contributed by atoms with Crippen LogP contribution in [0.2, 0.25) is 5.02 Å². The number of carbonyl (C=O) groups is 2. The van der Waals surface area contributed by atoms with Gasteiger partial charge in [0.1, 0.15) is 23.1 Å². The molecule has 0 aliphatic rings. The molecule has 4 nitrogen and oxygen atoms in total. The number of halogens is 4. The Kier molecular flexibility index (Phi) is 5.23. The summed E-state index contributed by atoms with van der Waals surface area (Å²) in [7, 11) is 0. The molecule has 0 spiro atoms. The lowest BCUT2D eigenvalue weighted by Gasteiger charge is -2.08. The van der Waals surface area contributed by atoms with E-state index in [-0.39, 0.29) is 10.6 Å². The molecule has 0 fully saturated rings. The van der Waals surface area contributed by atoms with Crippen LogP contribution in [0.1, 0.15) is 10.4 Å². The van der Waals surface area contributed by atoms with E-state index in [0.717, 1.165) is 36.4 Å². The van der Waals surface area contributed by atoms with E-state index in [1.807, 2.05) is 5.32 Å². The molecule has 0 aliphatic heterocycles. The minimum absolute atomic E-state index is 0.0683. The molecule has 0 radical (unpaired) electrons. The summed E-state index contributed by atoms with van der Waals surface area (Å²) >= 11 is 5.52. The Morgan fingerprint density at radius 3 is 2.30 bits per heavy atom. The molecule has 0 aromatic heterocycles. The third-order valence-corrected chi connectivity index (χ3v) is 3.01. The number of carbonyl (C=O) groups excluding carboxylic acids is 2. The van der Waals surface area contributed by atoms with Gasteiger partial charge in [-0.3, -0.25) is 4.79 Å². The summed E-state index contributed by atoms with van der Waals surface area (Å²) in [5.41, 5.74) is -0.709. The van der Waals surface area contributed by atoms with Crippen LogP contribution >= 0.6 is 11.6 Å². The Balaban J connectivity index is 1.96. The van der Waals surface area contributed by atoms with Crippen LogP contribution in [0.5, 0.6) is 0 Å². The predicted molar refractivity (Wildman–Crippen MR) is 76.7 cm³/mol. The number of esters is 1. The maximum atomic E-state index is 13.3. The lowest BCUT2D eigenvalue weighted by atomic mass is 10.2. The zero-order chi connectivity index (χ0) is 17.0. The molecular weight excluding hydrogens is 335 g/mol. The standard InChI is InChI=1S/C15H9ClF3NO3/c16-9-6-8(4-5-10(9)17)15(22)23-7-13(21)20-14-11(18)2-1-3-12(14)19/h1-6H,7H2,(H,20,21). The zero-order valence-corrected chi connectivity index (χ0v) is 12.2. The second-order valence-electron chi connectivity index (χ2n) is 4.35. The number of hydrogen-bond donors (Lipinski definition) is 1. The van der Waals surface area contributed by atoms with E-state index in [0.29, 0.717) is 0 Å². The number of para-hydroxylation sites is 1. The minimum Gasteiger partial charge on any atom is -0.452 e. The van der Waals surface area contributed by atoms with Gasteiger partial charge in [-0.25, -0.2) is 18.0 Å². The van der Waals surface area contributed by atoms with E-state index >= 15 is 0 Å². The molecule has 120 valence electrons. The first-order chi connectivity index (χ1) is 10.9. The summed E-state index contributed by atoms with van der Waals surface area (Å²) < 4.78 is 44.3. The van der Waals surface area contributed by atoms with Crippen LogP contribution in [0.25, 0.3) is 0 Å². The van der Waals surface area contributed by atoms with Crippen molar-refractivity contribution < 1.29 is 27.5 Å². The van der Waals surface area contributed by atoms with Crippen LogP contribution < -0.4 is 5.32 Å².